The Morgan fingerprint density at radius 2 is 0.861 bits per heavy atom. The van der Waals surface area contributed by atoms with Gasteiger partial charge in [0.15, 0.2) is 0 Å². The summed E-state index contributed by atoms with van der Waals surface area (Å²) in [5.74, 6) is 0. The van der Waals surface area contributed by atoms with Gasteiger partial charge in [0.2, 0.25) is 20.0 Å². The second-order valence-corrected chi connectivity index (χ2v) is 13.8. The maximum Gasteiger partial charge on any atom is 0.243 e. The summed E-state index contributed by atoms with van der Waals surface area (Å²) in [6.45, 7) is 4.76. The van der Waals surface area contributed by atoms with E-state index in [0.717, 1.165) is 62.5 Å². The lowest BCUT2D eigenvalue weighted by molar-refractivity contribution is 0.261. The first-order valence-electron chi connectivity index (χ1n) is 13.5. The number of nitrogens with zero attached hydrogens (tertiary/aromatic N) is 2. The molecule has 0 bridgehead atoms. The summed E-state index contributed by atoms with van der Waals surface area (Å²) in [7, 11) is -7.10. The van der Waals surface area contributed by atoms with Crippen molar-refractivity contribution in [1.29, 1.82) is 0 Å². The monoisotopic (exact) mass is 532 g/mol. The number of hydrogen-bond acceptors (Lipinski definition) is 4. The van der Waals surface area contributed by atoms with Gasteiger partial charge >= 0.3 is 0 Å². The Labute approximate surface area is 217 Å². The van der Waals surface area contributed by atoms with Gasteiger partial charge in [-0.05, 0) is 61.1 Å². The van der Waals surface area contributed by atoms with Crippen LogP contribution in [0.1, 0.15) is 78.1 Å². The van der Waals surface area contributed by atoms with Gasteiger partial charge in [-0.15, -0.1) is 0 Å². The summed E-state index contributed by atoms with van der Waals surface area (Å²) in [5, 5.41) is 0. The van der Waals surface area contributed by atoms with E-state index in [1.165, 1.54) is 12.8 Å². The van der Waals surface area contributed by atoms with E-state index in [1.807, 2.05) is 38.1 Å². The van der Waals surface area contributed by atoms with E-state index in [-0.39, 0.29) is 12.1 Å². The van der Waals surface area contributed by atoms with Crippen molar-refractivity contribution in [3.8, 4) is 11.1 Å². The highest BCUT2D eigenvalue weighted by atomic mass is 32.2. The first kappa shape index (κ1) is 27.3. The molecule has 2 aromatic carbocycles. The lowest BCUT2D eigenvalue weighted by Crippen LogP contribution is -2.41. The standard InChI is InChI=1S/C28H40N2O4S2/c1-3-29(25-11-7-5-8-12-25)35(31,32)27-19-15-23(16-20-27)24-17-21-28(22-18-24)36(33,34)30(4-2)26-13-9-6-10-14-26/h15-22,25-26H,3-14H2,1-2H3. The third-order valence-electron chi connectivity index (χ3n) is 7.84. The summed E-state index contributed by atoms with van der Waals surface area (Å²) >= 11 is 0. The molecule has 2 aliphatic rings. The van der Waals surface area contributed by atoms with E-state index in [1.54, 1.807) is 32.9 Å². The Hall–Kier alpha value is -1.74. The molecule has 0 amide bonds. The molecule has 0 N–H and O–H groups in total. The maximum atomic E-state index is 13.3. The Morgan fingerprint density at radius 3 is 1.14 bits per heavy atom. The summed E-state index contributed by atoms with van der Waals surface area (Å²) in [6, 6.07) is 14.1. The zero-order valence-electron chi connectivity index (χ0n) is 21.6. The van der Waals surface area contributed by atoms with Gasteiger partial charge in [-0.2, -0.15) is 8.61 Å². The highest BCUT2D eigenvalue weighted by Gasteiger charge is 2.32. The molecule has 2 saturated carbocycles. The molecule has 0 saturated heterocycles. The number of benzene rings is 2. The molecule has 2 fully saturated rings. The van der Waals surface area contributed by atoms with Crippen molar-refractivity contribution in [3.63, 3.8) is 0 Å². The minimum Gasteiger partial charge on any atom is -0.207 e. The van der Waals surface area contributed by atoms with Gasteiger partial charge < -0.3 is 0 Å². The Kier molecular flexibility index (Phi) is 8.92. The molecule has 0 aliphatic heterocycles. The summed E-state index contributed by atoms with van der Waals surface area (Å²) in [5.41, 5.74) is 1.72. The molecule has 0 atom stereocenters. The summed E-state index contributed by atoms with van der Waals surface area (Å²) in [4.78, 5) is 0.618. The molecule has 198 valence electrons. The maximum absolute atomic E-state index is 13.3. The average molecular weight is 533 g/mol. The molecule has 0 radical (unpaired) electrons. The van der Waals surface area contributed by atoms with Crippen LogP contribution in [0.5, 0.6) is 0 Å². The van der Waals surface area contributed by atoms with E-state index in [9.17, 15) is 16.8 Å². The van der Waals surface area contributed by atoms with Crippen molar-refractivity contribution >= 4 is 20.0 Å². The summed E-state index contributed by atoms with van der Waals surface area (Å²) < 4.78 is 56.7. The van der Waals surface area contributed by atoms with Crippen LogP contribution in [0, 0.1) is 0 Å². The first-order valence-corrected chi connectivity index (χ1v) is 16.4. The van der Waals surface area contributed by atoms with Gasteiger partial charge in [-0.25, -0.2) is 16.8 Å². The third-order valence-corrected chi connectivity index (χ3v) is 11.9. The minimum absolute atomic E-state index is 0.0826. The predicted octanol–water partition coefficient (Wildman–Crippen LogP) is 6.04. The number of sulfonamides is 2. The number of rotatable bonds is 9. The molecular weight excluding hydrogens is 492 g/mol. The highest BCUT2D eigenvalue weighted by Crippen LogP contribution is 2.31. The first-order chi connectivity index (χ1) is 17.3. The van der Waals surface area contributed by atoms with Gasteiger partial charge in [0, 0.05) is 25.2 Å². The van der Waals surface area contributed by atoms with E-state index in [4.69, 9.17) is 0 Å². The van der Waals surface area contributed by atoms with Crippen LogP contribution in [0.3, 0.4) is 0 Å². The molecule has 2 aliphatic carbocycles. The minimum atomic E-state index is -3.55. The van der Waals surface area contributed by atoms with Crippen LogP contribution in [-0.2, 0) is 20.0 Å². The zero-order chi connectivity index (χ0) is 25.8. The van der Waals surface area contributed by atoms with Crippen molar-refractivity contribution in [2.45, 2.75) is 99.9 Å². The van der Waals surface area contributed by atoms with Gasteiger partial charge in [-0.1, -0.05) is 76.6 Å². The molecule has 0 heterocycles. The SMILES string of the molecule is CCN(C1CCCCC1)S(=O)(=O)c1ccc(-c2ccc(S(=O)(=O)N(CC)C3CCCCC3)cc2)cc1. The van der Waals surface area contributed by atoms with E-state index >= 15 is 0 Å². The van der Waals surface area contributed by atoms with Gasteiger partial charge in [0.25, 0.3) is 0 Å². The van der Waals surface area contributed by atoms with Crippen LogP contribution >= 0.6 is 0 Å². The normalized spacial score (nSPS) is 18.7. The average Bonchev–Trinajstić information content (AvgIpc) is 2.91. The Bertz CT molecular complexity index is 1100. The Morgan fingerprint density at radius 1 is 0.556 bits per heavy atom. The van der Waals surface area contributed by atoms with E-state index in [2.05, 4.69) is 0 Å². The second-order valence-electron chi connectivity index (χ2n) is 10.0. The van der Waals surface area contributed by atoms with Crippen molar-refractivity contribution < 1.29 is 16.8 Å². The molecule has 2 aromatic rings. The lowest BCUT2D eigenvalue weighted by atomic mass is 9.95. The highest BCUT2D eigenvalue weighted by molar-refractivity contribution is 7.89. The van der Waals surface area contributed by atoms with E-state index < -0.39 is 20.0 Å². The quantitative estimate of drug-likeness (QED) is 0.395. The molecule has 8 heteroatoms. The van der Waals surface area contributed by atoms with E-state index in [0.29, 0.717) is 22.9 Å². The molecule has 6 nitrogen and oxygen atoms in total. The predicted molar refractivity (Wildman–Crippen MR) is 145 cm³/mol. The largest absolute Gasteiger partial charge is 0.243 e. The van der Waals surface area contributed by atoms with Crippen LogP contribution in [-0.4, -0.2) is 50.6 Å². The van der Waals surface area contributed by atoms with Crippen LogP contribution in [0.25, 0.3) is 11.1 Å². The second kappa shape index (κ2) is 11.8. The zero-order valence-corrected chi connectivity index (χ0v) is 23.2. The third kappa shape index (κ3) is 5.72. The van der Waals surface area contributed by atoms with Crippen LogP contribution in [0.4, 0.5) is 0 Å². The molecule has 0 aromatic heterocycles. The lowest BCUT2D eigenvalue weighted by Gasteiger charge is -2.32. The van der Waals surface area contributed by atoms with Gasteiger partial charge in [-0.3, -0.25) is 0 Å². The van der Waals surface area contributed by atoms with Crippen molar-refractivity contribution in [1.82, 2.24) is 8.61 Å². The molecule has 36 heavy (non-hydrogen) atoms. The fourth-order valence-corrected chi connectivity index (χ4v) is 9.28. The van der Waals surface area contributed by atoms with Crippen LogP contribution < -0.4 is 0 Å². The van der Waals surface area contributed by atoms with Crippen molar-refractivity contribution in [2.75, 3.05) is 13.1 Å². The smallest absolute Gasteiger partial charge is 0.207 e. The number of hydrogen-bond donors (Lipinski definition) is 0. The van der Waals surface area contributed by atoms with Crippen LogP contribution in [0.2, 0.25) is 0 Å². The van der Waals surface area contributed by atoms with Gasteiger partial charge in [0.05, 0.1) is 9.79 Å². The molecule has 4 rings (SSSR count). The molecule has 0 unspecified atom stereocenters. The Balaban J connectivity index is 1.52. The summed E-state index contributed by atoms with van der Waals surface area (Å²) in [6.07, 6.45) is 10.4. The van der Waals surface area contributed by atoms with Crippen LogP contribution in [0.15, 0.2) is 58.3 Å². The molecule has 0 spiro atoms. The molecular formula is C28H40N2O4S2. The fourth-order valence-electron chi connectivity index (χ4n) is 5.90. The van der Waals surface area contributed by atoms with Crippen molar-refractivity contribution in [2.24, 2.45) is 0 Å². The topological polar surface area (TPSA) is 74.8 Å². The van der Waals surface area contributed by atoms with Crippen molar-refractivity contribution in [3.05, 3.63) is 48.5 Å². The fraction of sp³-hybridized carbons (Fsp3) is 0.571. The van der Waals surface area contributed by atoms with Gasteiger partial charge in [0.1, 0.15) is 0 Å².